The maximum Gasteiger partial charge on any atom is 0.416 e. The van der Waals surface area contributed by atoms with Crippen LogP contribution < -0.4 is 16.4 Å². The van der Waals surface area contributed by atoms with Gasteiger partial charge in [-0.25, -0.2) is 19.6 Å². The molecule has 2 unspecified atom stereocenters. The minimum Gasteiger partial charge on any atom is -0.383 e. The average molecular weight is 499 g/mol. The first kappa shape index (κ1) is 25.0. The average Bonchev–Trinajstić information content (AvgIpc) is 3.31. The number of anilines is 2. The summed E-state index contributed by atoms with van der Waals surface area (Å²) in [6.45, 7) is 3.14. The molecule has 188 valence electrons. The highest BCUT2D eigenvalue weighted by Gasteiger charge is 2.30. The molecule has 2 atom stereocenters. The Kier molecular flexibility index (Phi) is 7.44. The number of aromatic nitrogens is 5. The number of carbonyl (C=O) groups is 1. The van der Waals surface area contributed by atoms with Crippen molar-refractivity contribution in [2.75, 3.05) is 17.6 Å². The molecule has 1 saturated heterocycles. The molecule has 1 aliphatic rings. The van der Waals surface area contributed by atoms with Gasteiger partial charge in [0.15, 0.2) is 5.65 Å². The number of benzene rings is 1. The molecular formula is C24H25F3N8O. The van der Waals surface area contributed by atoms with Crippen LogP contribution in [0.5, 0.6) is 0 Å². The predicted octanol–water partition coefficient (Wildman–Crippen LogP) is 4.07. The van der Waals surface area contributed by atoms with E-state index in [0.29, 0.717) is 23.5 Å². The van der Waals surface area contributed by atoms with Crippen molar-refractivity contribution in [2.45, 2.75) is 38.0 Å². The minimum atomic E-state index is -4.46. The molecule has 0 radical (unpaired) electrons. The number of nitrogens with one attached hydrogen (secondary N) is 2. The highest BCUT2D eigenvalue weighted by molar-refractivity contribution is 6.03. The summed E-state index contributed by atoms with van der Waals surface area (Å²) in [6.07, 6.45) is 2.07. The second-order valence-corrected chi connectivity index (χ2v) is 8.37. The molecule has 5 rings (SSSR count). The van der Waals surface area contributed by atoms with Crippen LogP contribution >= 0.6 is 0 Å². The largest absolute Gasteiger partial charge is 0.416 e. The quantitative estimate of drug-likeness (QED) is 0.389. The number of hydrogen-bond acceptors (Lipinski definition) is 7. The number of piperidine rings is 1. The van der Waals surface area contributed by atoms with Crippen LogP contribution in [-0.4, -0.2) is 43.2 Å². The van der Waals surface area contributed by atoms with Gasteiger partial charge >= 0.3 is 6.18 Å². The highest BCUT2D eigenvalue weighted by Crippen LogP contribution is 2.30. The number of rotatable bonds is 3. The smallest absolute Gasteiger partial charge is 0.383 e. The number of nitrogen functional groups attached to an aromatic ring is 1. The van der Waals surface area contributed by atoms with Crippen molar-refractivity contribution in [3.63, 3.8) is 0 Å². The molecule has 3 aromatic heterocycles. The van der Waals surface area contributed by atoms with E-state index in [4.69, 9.17) is 5.73 Å². The van der Waals surface area contributed by atoms with E-state index in [1.165, 1.54) is 6.33 Å². The summed E-state index contributed by atoms with van der Waals surface area (Å²) < 4.78 is 39.4. The number of hydrogen-bond donors (Lipinski definition) is 3. The summed E-state index contributed by atoms with van der Waals surface area (Å²) in [5.74, 6) is -0.144. The van der Waals surface area contributed by atoms with Crippen molar-refractivity contribution >= 4 is 28.6 Å². The predicted molar refractivity (Wildman–Crippen MR) is 129 cm³/mol. The van der Waals surface area contributed by atoms with E-state index >= 15 is 0 Å². The van der Waals surface area contributed by atoms with E-state index in [1.54, 1.807) is 36.5 Å². The van der Waals surface area contributed by atoms with Gasteiger partial charge in [0.1, 0.15) is 18.0 Å². The first-order chi connectivity index (χ1) is 17.2. The molecule has 9 nitrogen and oxygen atoms in total. The molecule has 0 bridgehead atoms. The van der Waals surface area contributed by atoms with Gasteiger partial charge in [-0.05, 0) is 44.0 Å². The van der Waals surface area contributed by atoms with Crippen LogP contribution in [0.1, 0.15) is 41.7 Å². The standard InChI is InChI=1S/C13H9F3N2O.C11H16N6/c14-13(15,16)10-6-7-17-11(8-10)18-12(19)9-4-2-1-3-5-9;1-7-2-3-8(4-13-7)17-11-9(5-16-17)10(12)14-6-15-11/h1-8H,(H,17,18,19);5-8,13H,2-4H2,1H3,(H2,12,14,15). The summed E-state index contributed by atoms with van der Waals surface area (Å²) in [5, 5.41) is 11.0. The number of halogens is 3. The third-order valence-electron chi connectivity index (χ3n) is 5.77. The van der Waals surface area contributed by atoms with Crippen LogP contribution in [0, 0.1) is 0 Å². The van der Waals surface area contributed by atoms with Crippen molar-refractivity contribution in [3.8, 4) is 0 Å². The van der Waals surface area contributed by atoms with Crippen molar-refractivity contribution in [2.24, 2.45) is 0 Å². The van der Waals surface area contributed by atoms with Crippen LogP contribution in [-0.2, 0) is 6.18 Å². The third kappa shape index (κ3) is 5.95. The van der Waals surface area contributed by atoms with Gasteiger partial charge in [0, 0.05) is 24.3 Å². The van der Waals surface area contributed by atoms with E-state index in [0.717, 1.165) is 48.7 Å². The Morgan fingerprint density at radius 1 is 1.14 bits per heavy atom. The Balaban J connectivity index is 0.000000170. The summed E-state index contributed by atoms with van der Waals surface area (Å²) >= 11 is 0. The Hall–Kier alpha value is -4.06. The maximum absolute atomic E-state index is 12.5. The van der Waals surface area contributed by atoms with E-state index < -0.39 is 17.6 Å². The Morgan fingerprint density at radius 3 is 2.61 bits per heavy atom. The van der Waals surface area contributed by atoms with Crippen LogP contribution in [0.3, 0.4) is 0 Å². The van der Waals surface area contributed by atoms with Gasteiger partial charge in [-0.15, -0.1) is 0 Å². The maximum atomic E-state index is 12.5. The zero-order valence-electron chi connectivity index (χ0n) is 19.4. The van der Waals surface area contributed by atoms with Crippen molar-refractivity contribution in [1.29, 1.82) is 0 Å². The number of alkyl halides is 3. The van der Waals surface area contributed by atoms with E-state index in [2.05, 4.69) is 37.6 Å². The molecule has 12 heteroatoms. The van der Waals surface area contributed by atoms with Crippen molar-refractivity contribution < 1.29 is 18.0 Å². The molecule has 4 aromatic rings. The SMILES string of the molecule is CC1CCC(n2ncc3c(N)ncnc32)CN1.O=C(Nc1cc(C(F)(F)F)ccn1)c1ccccc1. The van der Waals surface area contributed by atoms with Crippen LogP contribution in [0.2, 0.25) is 0 Å². The van der Waals surface area contributed by atoms with E-state index in [9.17, 15) is 18.0 Å². The molecule has 1 aliphatic heterocycles. The number of fused-ring (bicyclic) bond motifs is 1. The third-order valence-corrected chi connectivity index (χ3v) is 5.77. The normalized spacial score (nSPS) is 17.8. The number of pyridine rings is 1. The van der Waals surface area contributed by atoms with Crippen molar-refractivity contribution in [3.05, 3.63) is 72.3 Å². The molecule has 0 saturated carbocycles. The number of amides is 1. The lowest BCUT2D eigenvalue weighted by atomic mass is 10.0. The molecule has 1 fully saturated rings. The van der Waals surface area contributed by atoms with Gasteiger partial charge < -0.3 is 16.4 Å². The van der Waals surface area contributed by atoms with Gasteiger partial charge in [0.05, 0.1) is 23.2 Å². The lowest BCUT2D eigenvalue weighted by molar-refractivity contribution is -0.137. The highest BCUT2D eigenvalue weighted by atomic mass is 19.4. The van der Waals surface area contributed by atoms with E-state index in [1.807, 2.05) is 4.68 Å². The number of nitrogens with two attached hydrogens (primary N) is 1. The lowest BCUT2D eigenvalue weighted by Gasteiger charge is -2.27. The first-order valence-corrected chi connectivity index (χ1v) is 11.3. The summed E-state index contributed by atoms with van der Waals surface area (Å²) in [5.41, 5.74) is 6.13. The molecule has 4 N–H and O–H groups in total. The summed E-state index contributed by atoms with van der Waals surface area (Å²) in [6, 6.07) is 10.8. The fourth-order valence-electron chi connectivity index (χ4n) is 3.79. The monoisotopic (exact) mass is 498 g/mol. The van der Waals surface area contributed by atoms with Gasteiger partial charge in [-0.3, -0.25) is 4.79 Å². The molecule has 0 aliphatic carbocycles. The van der Waals surface area contributed by atoms with Crippen LogP contribution in [0.25, 0.3) is 11.0 Å². The fraction of sp³-hybridized carbons (Fsp3) is 0.292. The lowest BCUT2D eigenvalue weighted by Crippen LogP contribution is -2.38. The minimum absolute atomic E-state index is 0.135. The number of carbonyl (C=O) groups excluding carboxylic acids is 1. The molecule has 4 heterocycles. The Morgan fingerprint density at radius 2 is 1.92 bits per heavy atom. The first-order valence-electron chi connectivity index (χ1n) is 11.3. The van der Waals surface area contributed by atoms with Crippen molar-refractivity contribution in [1.82, 2.24) is 30.0 Å². The van der Waals surface area contributed by atoms with E-state index in [-0.39, 0.29) is 5.82 Å². The topological polar surface area (TPSA) is 124 Å². The number of nitrogens with zero attached hydrogens (tertiary/aromatic N) is 5. The van der Waals surface area contributed by atoms with Gasteiger partial charge in [0.2, 0.25) is 0 Å². The van der Waals surface area contributed by atoms with Gasteiger partial charge in [-0.2, -0.15) is 18.3 Å². The summed E-state index contributed by atoms with van der Waals surface area (Å²) in [4.78, 5) is 23.7. The molecule has 0 spiro atoms. The zero-order valence-corrected chi connectivity index (χ0v) is 19.4. The second kappa shape index (κ2) is 10.7. The fourth-order valence-corrected chi connectivity index (χ4v) is 3.79. The molecule has 36 heavy (non-hydrogen) atoms. The van der Waals surface area contributed by atoms with Crippen LogP contribution in [0.4, 0.5) is 24.8 Å². The van der Waals surface area contributed by atoms with Crippen LogP contribution in [0.15, 0.2) is 61.2 Å². The molecule has 1 aromatic carbocycles. The zero-order chi connectivity index (χ0) is 25.7. The summed E-state index contributed by atoms with van der Waals surface area (Å²) in [7, 11) is 0. The van der Waals surface area contributed by atoms with Gasteiger partial charge in [0.25, 0.3) is 5.91 Å². The Labute approximate surface area is 205 Å². The Bertz CT molecular complexity index is 1320. The molecular weight excluding hydrogens is 473 g/mol. The molecule has 1 amide bonds. The van der Waals surface area contributed by atoms with Gasteiger partial charge in [-0.1, -0.05) is 18.2 Å². The second-order valence-electron chi connectivity index (χ2n) is 8.37.